The molecule has 0 aliphatic carbocycles. The van der Waals surface area contributed by atoms with E-state index in [1.807, 2.05) is 13.8 Å². The third-order valence-electron chi connectivity index (χ3n) is 3.62. The van der Waals surface area contributed by atoms with Crippen LogP contribution in [-0.2, 0) is 4.57 Å². The predicted molar refractivity (Wildman–Crippen MR) is 80.6 cm³/mol. The number of carbonyl (C=O) groups excluding carboxylic acids is 2. The van der Waals surface area contributed by atoms with Crippen LogP contribution in [0.1, 0.15) is 47.4 Å². The standard InChI is InChI=1S/C15H20NO4P/c1-3-6-11(2)9-21(19,20)10-16-14(17)12-7-4-5-8-13(12)15(16)18/h4-5,7-8,11H,3,6,9-10H2,1-2H3,(H,19,20). The third kappa shape index (κ3) is 3.42. The van der Waals surface area contributed by atoms with Crippen molar-refractivity contribution in [3.8, 4) is 0 Å². The smallest absolute Gasteiger partial charge is 0.262 e. The van der Waals surface area contributed by atoms with Crippen LogP contribution in [0.2, 0.25) is 0 Å². The summed E-state index contributed by atoms with van der Waals surface area (Å²) >= 11 is 0. The molecule has 0 aromatic heterocycles. The van der Waals surface area contributed by atoms with Crippen molar-refractivity contribution < 1.29 is 19.0 Å². The van der Waals surface area contributed by atoms with Gasteiger partial charge in [0.25, 0.3) is 11.8 Å². The van der Waals surface area contributed by atoms with Crippen molar-refractivity contribution in [3.63, 3.8) is 0 Å². The fourth-order valence-electron chi connectivity index (χ4n) is 2.72. The topological polar surface area (TPSA) is 74.7 Å². The Hall–Kier alpha value is -1.45. The predicted octanol–water partition coefficient (Wildman–Crippen LogP) is 2.95. The molecule has 0 saturated heterocycles. The van der Waals surface area contributed by atoms with Gasteiger partial charge in [-0.05, 0) is 18.1 Å². The van der Waals surface area contributed by atoms with Gasteiger partial charge in [-0.15, -0.1) is 0 Å². The first kappa shape index (κ1) is 15.9. The summed E-state index contributed by atoms with van der Waals surface area (Å²) in [6.45, 7) is 3.93. The fourth-order valence-corrected chi connectivity index (χ4v) is 4.69. The number of hydrogen-bond acceptors (Lipinski definition) is 3. The van der Waals surface area contributed by atoms with Crippen LogP contribution in [0.15, 0.2) is 24.3 Å². The Kier molecular flexibility index (Phi) is 4.64. The molecule has 1 N–H and O–H groups in total. The summed E-state index contributed by atoms with van der Waals surface area (Å²) < 4.78 is 12.3. The van der Waals surface area contributed by atoms with Crippen molar-refractivity contribution in [1.82, 2.24) is 4.90 Å². The Labute approximate surface area is 124 Å². The molecule has 0 bridgehead atoms. The zero-order chi connectivity index (χ0) is 15.6. The van der Waals surface area contributed by atoms with Gasteiger partial charge in [0.15, 0.2) is 0 Å². The summed E-state index contributed by atoms with van der Waals surface area (Å²) in [5, 5.41) is 0. The second kappa shape index (κ2) is 6.12. The largest absolute Gasteiger partial charge is 0.343 e. The van der Waals surface area contributed by atoms with Crippen molar-refractivity contribution in [2.45, 2.75) is 26.7 Å². The average molecular weight is 309 g/mol. The quantitative estimate of drug-likeness (QED) is 0.647. The van der Waals surface area contributed by atoms with Crippen molar-refractivity contribution in [3.05, 3.63) is 35.4 Å². The van der Waals surface area contributed by atoms with E-state index in [-0.39, 0.29) is 12.1 Å². The number of carbonyl (C=O) groups is 2. The highest BCUT2D eigenvalue weighted by molar-refractivity contribution is 7.58. The lowest BCUT2D eigenvalue weighted by Gasteiger charge is -2.21. The van der Waals surface area contributed by atoms with E-state index in [4.69, 9.17) is 0 Å². The van der Waals surface area contributed by atoms with Gasteiger partial charge in [0, 0.05) is 6.16 Å². The molecule has 1 aliphatic rings. The Morgan fingerprint density at radius 3 is 2.19 bits per heavy atom. The highest BCUT2D eigenvalue weighted by Gasteiger charge is 2.39. The van der Waals surface area contributed by atoms with Gasteiger partial charge in [0.2, 0.25) is 7.37 Å². The first-order chi connectivity index (χ1) is 9.85. The van der Waals surface area contributed by atoms with Gasteiger partial charge in [-0.25, -0.2) is 0 Å². The van der Waals surface area contributed by atoms with E-state index in [2.05, 4.69) is 0 Å². The van der Waals surface area contributed by atoms with Crippen LogP contribution in [0.25, 0.3) is 0 Å². The number of benzene rings is 1. The molecular formula is C15H20NO4P. The van der Waals surface area contributed by atoms with Crippen LogP contribution in [0.3, 0.4) is 0 Å². The van der Waals surface area contributed by atoms with Crippen LogP contribution in [0.4, 0.5) is 0 Å². The monoisotopic (exact) mass is 309 g/mol. The molecule has 0 spiro atoms. The lowest BCUT2D eigenvalue weighted by Crippen LogP contribution is -2.31. The molecular weight excluding hydrogens is 289 g/mol. The van der Waals surface area contributed by atoms with Crippen LogP contribution in [0, 0.1) is 5.92 Å². The van der Waals surface area contributed by atoms with Crippen LogP contribution in [-0.4, -0.2) is 34.1 Å². The van der Waals surface area contributed by atoms with E-state index in [0.29, 0.717) is 11.1 Å². The molecule has 1 aromatic carbocycles. The molecule has 1 aliphatic heterocycles. The maximum atomic E-state index is 12.3. The lowest BCUT2D eigenvalue weighted by molar-refractivity contribution is 0.0676. The molecule has 0 fully saturated rings. The van der Waals surface area contributed by atoms with Crippen LogP contribution >= 0.6 is 7.37 Å². The van der Waals surface area contributed by atoms with Crippen molar-refractivity contribution in [2.75, 3.05) is 12.4 Å². The number of hydrogen-bond donors (Lipinski definition) is 1. The van der Waals surface area contributed by atoms with E-state index < -0.39 is 25.5 Å². The molecule has 2 rings (SSSR count). The number of fused-ring (bicyclic) bond motifs is 1. The van der Waals surface area contributed by atoms with Crippen LogP contribution in [0.5, 0.6) is 0 Å². The van der Waals surface area contributed by atoms with Gasteiger partial charge in [-0.2, -0.15) is 0 Å². The highest BCUT2D eigenvalue weighted by atomic mass is 31.2. The maximum Gasteiger partial charge on any atom is 0.262 e. The van der Waals surface area contributed by atoms with Crippen molar-refractivity contribution in [1.29, 1.82) is 0 Å². The molecule has 5 nitrogen and oxygen atoms in total. The average Bonchev–Trinajstić information content (AvgIpc) is 2.64. The van der Waals surface area contributed by atoms with E-state index in [1.54, 1.807) is 24.3 Å². The first-order valence-corrected chi connectivity index (χ1v) is 9.15. The molecule has 1 aromatic rings. The van der Waals surface area contributed by atoms with E-state index in [0.717, 1.165) is 17.7 Å². The Bertz CT molecular complexity index is 578. The SMILES string of the molecule is CCCC(C)CP(=O)(O)CN1C(=O)c2ccccc2C1=O. The summed E-state index contributed by atoms with van der Waals surface area (Å²) in [4.78, 5) is 35.3. The molecule has 2 amide bonds. The van der Waals surface area contributed by atoms with Gasteiger partial charge in [0.1, 0.15) is 6.29 Å². The number of amides is 2. The molecule has 1 heterocycles. The number of imide groups is 1. The Balaban J connectivity index is 2.13. The van der Waals surface area contributed by atoms with Gasteiger partial charge in [0.05, 0.1) is 11.1 Å². The second-order valence-electron chi connectivity index (χ2n) is 5.65. The second-order valence-corrected chi connectivity index (χ2v) is 7.99. The normalized spacial score (nSPS) is 18.5. The Morgan fingerprint density at radius 1 is 1.19 bits per heavy atom. The molecule has 21 heavy (non-hydrogen) atoms. The van der Waals surface area contributed by atoms with Crippen molar-refractivity contribution >= 4 is 19.2 Å². The van der Waals surface area contributed by atoms with Gasteiger partial charge >= 0.3 is 0 Å². The summed E-state index contributed by atoms with van der Waals surface area (Å²) in [5.41, 5.74) is 0.619. The van der Waals surface area contributed by atoms with E-state index in [9.17, 15) is 19.0 Å². The first-order valence-electron chi connectivity index (χ1n) is 7.12. The summed E-state index contributed by atoms with van der Waals surface area (Å²) in [7, 11) is -3.55. The molecule has 2 atom stereocenters. The van der Waals surface area contributed by atoms with E-state index >= 15 is 0 Å². The molecule has 114 valence electrons. The summed E-state index contributed by atoms with van der Waals surface area (Å²) in [6, 6.07) is 6.49. The molecule has 2 unspecified atom stereocenters. The Morgan fingerprint density at radius 2 is 1.71 bits per heavy atom. The van der Waals surface area contributed by atoms with Crippen molar-refractivity contribution in [2.24, 2.45) is 5.92 Å². The molecule has 0 saturated carbocycles. The zero-order valence-electron chi connectivity index (χ0n) is 12.3. The van der Waals surface area contributed by atoms with Gasteiger partial charge < -0.3 is 4.89 Å². The molecule has 6 heteroatoms. The minimum atomic E-state index is -3.55. The number of rotatable bonds is 6. The zero-order valence-corrected chi connectivity index (χ0v) is 13.2. The number of nitrogens with zero attached hydrogens (tertiary/aromatic N) is 1. The minimum Gasteiger partial charge on any atom is -0.343 e. The van der Waals surface area contributed by atoms with Gasteiger partial charge in [-0.1, -0.05) is 38.8 Å². The fraction of sp³-hybridized carbons (Fsp3) is 0.467. The van der Waals surface area contributed by atoms with E-state index in [1.165, 1.54) is 0 Å². The summed E-state index contributed by atoms with van der Waals surface area (Å²) in [5.74, 6) is -0.859. The van der Waals surface area contributed by atoms with Gasteiger partial charge in [-0.3, -0.25) is 19.1 Å². The molecule has 0 radical (unpaired) electrons. The summed E-state index contributed by atoms with van der Waals surface area (Å²) in [6.07, 6.45) is 1.53. The lowest BCUT2D eigenvalue weighted by atomic mass is 10.1. The maximum absolute atomic E-state index is 12.3. The highest BCUT2D eigenvalue weighted by Crippen LogP contribution is 2.45. The third-order valence-corrected chi connectivity index (χ3v) is 5.54. The minimum absolute atomic E-state index is 0.0982. The van der Waals surface area contributed by atoms with Crippen LogP contribution < -0.4 is 0 Å².